The summed E-state index contributed by atoms with van der Waals surface area (Å²) in [5.74, 6) is 0.698. The molecule has 8 nitrogen and oxygen atoms in total. The van der Waals surface area contributed by atoms with E-state index < -0.39 is 0 Å². The Morgan fingerprint density at radius 3 is 2.61 bits per heavy atom. The van der Waals surface area contributed by atoms with Gasteiger partial charge >= 0.3 is 0 Å². The number of rotatable bonds is 7. The van der Waals surface area contributed by atoms with Crippen LogP contribution in [0.4, 0.5) is 5.69 Å². The lowest BCUT2D eigenvalue weighted by Crippen LogP contribution is -2.28. The van der Waals surface area contributed by atoms with E-state index in [4.69, 9.17) is 0 Å². The van der Waals surface area contributed by atoms with Gasteiger partial charge in [-0.3, -0.25) is 19.0 Å². The summed E-state index contributed by atoms with van der Waals surface area (Å²) in [4.78, 5) is 28.8. The number of amides is 2. The quantitative estimate of drug-likeness (QED) is 0.458. The number of carbonyl (C=O) groups is 2. The summed E-state index contributed by atoms with van der Waals surface area (Å²) < 4.78 is 1.85. The van der Waals surface area contributed by atoms with Crippen LogP contribution in [0.2, 0.25) is 0 Å². The summed E-state index contributed by atoms with van der Waals surface area (Å²) in [6.07, 6.45) is 9.11. The molecular weight excluding hydrogens is 416 g/mol. The number of pyridine rings is 2. The lowest BCUT2D eigenvalue weighted by atomic mass is 9.85. The average molecular weight is 441 g/mol. The van der Waals surface area contributed by atoms with Crippen LogP contribution in [0.15, 0.2) is 67.1 Å². The molecule has 1 aliphatic rings. The van der Waals surface area contributed by atoms with E-state index in [2.05, 4.69) is 25.8 Å². The molecule has 2 amide bonds. The third-order valence-corrected chi connectivity index (χ3v) is 5.97. The first-order valence-electron chi connectivity index (χ1n) is 11.1. The Morgan fingerprint density at radius 2 is 1.88 bits per heavy atom. The van der Waals surface area contributed by atoms with E-state index in [1.54, 1.807) is 24.5 Å². The number of hydrogen-bond donors (Lipinski definition) is 2. The van der Waals surface area contributed by atoms with Gasteiger partial charge in [-0.15, -0.1) is 10.2 Å². The zero-order valence-electron chi connectivity index (χ0n) is 18.1. The maximum atomic E-state index is 12.5. The minimum Gasteiger partial charge on any atom is -0.352 e. The molecule has 1 aliphatic carbocycles. The lowest BCUT2D eigenvalue weighted by molar-refractivity contribution is -0.122. The number of fused-ring (bicyclic) bond motifs is 1. The summed E-state index contributed by atoms with van der Waals surface area (Å²) in [5.41, 5.74) is 3.88. The molecule has 0 saturated heterocycles. The maximum absolute atomic E-state index is 12.5. The first-order valence-corrected chi connectivity index (χ1v) is 11.1. The number of nitrogens with one attached hydrogen (secondary N) is 2. The second-order valence-corrected chi connectivity index (χ2v) is 8.23. The summed E-state index contributed by atoms with van der Waals surface area (Å²) in [6, 6.07) is 14.8. The molecule has 3 heterocycles. The topological polar surface area (TPSA) is 101 Å². The van der Waals surface area contributed by atoms with Crippen molar-refractivity contribution in [1.29, 1.82) is 0 Å². The molecule has 0 atom stereocenters. The largest absolute Gasteiger partial charge is 0.352 e. The number of aromatic nitrogens is 4. The van der Waals surface area contributed by atoms with Gasteiger partial charge in [0, 0.05) is 42.2 Å². The van der Waals surface area contributed by atoms with E-state index in [1.807, 2.05) is 47.0 Å². The zero-order chi connectivity index (χ0) is 22.6. The van der Waals surface area contributed by atoms with Crippen LogP contribution in [0, 0.1) is 5.92 Å². The molecule has 0 aliphatic heterocycles. The molecule has 0 bridgehead atoms. The Hall–Kier alpha value is -4.07. The van der Waals surface area contributed by atoms with Crippen molar-refractivity contribution in [3.8, 4) is 11.4 Å². The molecule has 166 valence electrons. The molecule has 0 spiro atoms. The maximum Gasteiger partial charge on any atom is 0.251 e. The molecule has 0 unspecified atom stereocenters. The highest BCUT2D eigenvalue weighted by Gasteiger charge is 2.25. The standard InChI is InChI=1S/C25H24N6O2/c32-24(27-14-12-17-3-2-13-26-15-17)20-8-6-18(7-9-20)23-30-29-22-11-10-21(16-31(22)23)28-25(33)19-4-1-5-19/h2-3,6-11,13,15-16,19H,1,4-5,12,14H2,(H,27,32)(H,28,33). The van der Waals surface area contributed by atoms with Crippen molar-refractivity contribution in [2.75, 3.05) is 11.9 Å². The van der Waals surface area contributed by atoms with E-state index in [9.17, 15) is 9.59 Å². The van der Waals surface area contributed by atoms with Crippen molar-refractivity contribution < 1.29 is 9.59 Å². The minimum atomic E-state index is -0.127. The Balaban J connectivity index is 1.27. The van der Waals surface area contributed by atoms with Crippen molar-refractivity contribution in [3.05, 3.63) is 78.2 Å². The highest BCUT2D eigenvalue weighted by atomic mass is 16.2. The molecule has 33 heavy (non-hydrogen) atoms. The summed E-state index contributed by atoms with van der Waals surface area (Å²) >= 11 is 0. The fourth-order valence-corrected chi connectivity index (χ4v) is 3.82. The molecule has 3 aromatic heterocycles. The zero-order valence-corrected chi connectivity index (χ0v) is 18.1. The molecule has 0 radical (unpaired) electrons. The molecule has 5 rings (SSSR count). The number of carbonyl (C=O) groups excluding carboxylic acids is 2. The third-order valence-electron chi connectivity index (χ3n) is 5.97. The summed E-state index contributed by atoms with van der Waals surface area (Å²) in [5, 5.41) is 14.4. The molecule has 4 aromatic rings. The molecule has 1 aromatic carbocycles. The van der Waals surface area contributed by atoms with Crippen LogP contribution in [0.25, 0.3) is 17.0 Å². The van der Waals surface area contributed by atoms with Crippen LogP contribution in [0.1, 0.15) is 35.2 Å². The van der Waals surface area contributed by atoms with Crippen LogP contribution in [-0.2, 0) is 11.2 Å². The second-order valence-electron chi connectivity index (χ2n) is 8.23. The summed E-state index contributed by atoms with van der Waals surface area (Å²) in [6.45, 7) is 0.538. The fourth-order valence-electron chi connectivity index (χ4n) is 3.82. The van der Waals surface area contributed by atoms with Crippen LogP contribution in [0.3, 0.4) is 0 Å². The van der Waals surface area contributed by atoms with Crippen molar-refractivity contribution in [3.63, 3.8) is 0 Å². The highest BCUT2D eigenvalue weighted by Crippen LogP contribution is 2.28. The highest BCUT2D eigenvalue weighted by molar-refractivity contribution is 5.94. The van der Waals surface area contributed by atoms with Crippen LogP contribution in [-0.4, -0.2) is 37.9 Å². The first kappa shape index (κ1) is 20.8. The molecule has 8 heteroatoms. The van der Waals surface area contributed by atoms with Gasteiger partial charge in [-0.25, -0.2) is 0 Å². The van der Waals surface area contributed by atoms with Gasteiger partial charge in [0.1, 0.15) is 0 Å². The van der Waals surface area contributed by atoms with Crippen molar-refractivity contribution in [2.24, 2.45) is 5.92 Å². The van der Waals surface area contributed by atoms with Gasteiger partial charge in [-0.2, -0.15) is 0 Å². The van der Waals surface area contributed by atoms with Crippen LogP contribution in [0.5, 0.6) is 0 Å². The van der Waals surface area contributed by atoms with Gasteiger partial charge in [0.05, 0.1) is 5.69 Å². The molecular formula is C25H24N6O2. The Morgan fingerprint density at radius 1 is 1.03 bits per heavy atom. The number of hydrogen-bond acceptors (Lipinski definition) is 5. The van der Waals surface area contributed by atoms with Crippen molar-refractivity contribution in [1.82, 2.24) is 24.9 Å². The SMILES string of the molecule is O=C(NCCc1cccnc1)c1ccc(-c2nnc3ccc(NC(=O)C4CCC4)cn23)cc1. The van der Waals surface area contributed by atoms with E-state index >= 15 is 0 Å². The molecule has 1 fully saturated rings. The van der Waals surface area contributed by atoms with E-state index in [0.717, 1.165) is 36.8 Å². The van der Waals surface area contributed by atoms with E-state index in [-0.39, 0.29) is 17.7 Å². The first-order chi connectivity index (χ1) is 16.2. The number of anilines is 1. The van der Waals surface area contributed by atoms with Crippen LogP contribution >= 0.6 is 0 Å². The second kappa shape index (κ2) is 9.20. The van der Waals surface area contributed by atoms with E-state index in [1.165, 1.54) is 0 Å². The average Bonchev–Trinajstić information content (AvgIpc) is 3.22. The Kier molecular flexibility index (Phi) is 5.80. The van der Waals surface area contributed by atoms with Gasteiger partial charge in [0.25, 0.3) is 5.91 Å². The Labute approximate surface area is 191 Å². The minimum absolute atomic E-state index is 0.0640. The normalized spacial score (nSPS) is 13.5. The van der Waals surface area contributed by atoms with Gasteiger partial charge in [-0.05, 0) is 55.2 Å². The van der Waals surface area contributed by atoms with Gasteiger partial charge in [0.15, 0.2) is 11.5 Å². The van der Waals surface area contributed by atoms with Gasteiger partial charge < -0.3 is 10.6 Å². The van der Waals surface area contributed by atoms with Crippen LogP contribution < -0.4 is 10.6 Å². The smallest absolute Gasteiger partial charge is 0.251 e. The number of benzene rings is 1. The van der Waals surface area contributed by atoms with Gasteiger partial charge in [0.2, 0.25) is 5.91 Å². The predicted octanol–water partition coefficient (Wildman–Crippen LogP) is 3.50. The van der Waals surface area contributed by atoms with Crippen molar-refractivity contribution in [2.45, 2.75) is 25.7 Å². The van der Waals surface area contributed by atoms with E-state index in [0.29, 0.717) is 29.3 Å². The lowest BCUT2D eigenvalue weighted by Gasteiger charge is -2.24. The number of nitrogens with zero attached hydrogens (tertiary/aromatic N) is 4. The predicted molar refractivity (Wildman–Crippen MR) is 125 cm³/mol. The third kappa shape index (κ3) is 4.59. The van der Waals surface area contributed by atoms with Gasteiger partial charge in [-0.1, -0.05) is 24.6 Å². The summed E-state index contributed by atoms with van der Waals surface area (Å²) in [7, 11) is 0. The molecule has 2 N–H and O–H groups in total. The Bertz CT molecular complexity index is 1280. The monoisotopic (exact) mass is 440 g/mol. The molecule has 1 saturated carbocycles. The fraction of sp³-hybridized carbons (Fsp3) is 0.240. The van der Waals surface area contributed by atoms with Crippen molar-refractivity contribution >= 4 is 23.1 Å².